The van der Waals surface area contributed by atoms with Gasteiger partial charge in [0.25, 0.3) is 0 Å². The Balaban J connectivity index is 1.29. The van der Waals surface area contributed by atoms with Crippen molar-refractivity contribution in [2.45, 2.75) is 31.8 Å². The number of fused-ring (bicyclic) bond motifs is 1. The van der Waals surface area contributed by atoms with E-state index in [0.29, 0.717) is 23.5 Å². The van der Waals surface area contributed by atoms with Crippen molar-refractivity contribution < 1.29 is 18.6 Å². The van der Waals surface area contributed by atoms with Gasteiger partial charge in [0, 0.05) is 37.3 Å². The molecular weight excluding hydrogens is 350 g/mol. The van der Waals surface area contributed by atoms with Gasteiger partial charge >= 0.3 is 0 Å². The predicted molar refractivity (Wildman–Crippen MR) is 97.7 cm³/mol. The topological polar surface area (TPSA) is 45.6 Å². The van der Waals surface area contributed by atoms with Gasteiger partial charge in [-0.25, -0.2) is 8.78 Å². The molecule has 1 saturated heterocycles. The molecule has 1 aliphatic heterocycles. The molecule has 0 bridgehead atoms. The van der Waals surface area contributed by atoms with Gasteiger partial charge in [0.2, 0.25) is 0 Å². The minimum Gasteiger partial charge on any atom is -0.506 e. The van der Waals surface area contributed by atoms with Gasteiger partial charge in [-0.05, 0) is 48.9 Å². The monoisotopic (exact) mass is 374 g/mol. The number of likely N-dealkylation sites (tertiary alicyclic amines) is 1. The van der Waals surface area contributed by atoms with Gasteiger partial charge in [-0.3, -0.25) is 4.98 Å². The van der Waals surface area contributed by atoms with Crippen molar-refractivity contribution in [3.05, 3.63) is 53.9 Å². The Kier molecular flexibility index (Phi) is 5.00. The Labute approximate surface area is 157 Å². The molecule has 1 aromatic heterocycles. The van der Waals surface area contributed by atoms with Crippen molar-refractivity contribution in [3.63, 3.8) is 0 Å². The van der Waals surface area contributed by atoms with Crippen molar-refractivity contribution >= 4 is 0 Å². The average Bonchev–Trinajstić information content (AvgIpc) is 3.16. The Morgan fingerprint density at radius 2 is 1.89 bits per heavy atom. The summed E-state index contributed by atoms with van der Waals surface area (Å²) < 4.78 is 32.3. The van der Waals surface area contributed by atoms with Crippen LogP contribution < -0.4 is 4.74 Å². The molecule has 1 N–H and O–H groups in total. The van der Waals surface area contributed by atoms with E-state index in [1.54, 1.807) is 6.07 Å². The molecule has 2 fully saturated rings. The number of hydrogen-bond donors (Lipinski definition) is 1. The van der Waals surface area contributed by atoms with Crippen LogP contribution in [0.3, 0.4) is 0 Å². The number of pyridine rings is 1. The highest BCUT2D eigenvalue weighted by Gasteiger charge is 2.42. The Hall–Kier alpha value is -2.21. The minimum atomic E-state index is -0.867. The van der Waals surface area contributed by atoms with E-state index in [9.17, 15) is 13.9 Å². The maximum atomic E-state index is 13.3. The van der Waals surface area contributed by atoms with E-state index in [1.807, 2.05) is 6.07 Å². The number of halogens is 2. The standard InChI is InChI=1S/C21H24F2N2O2/c1-13(21-5-2-16(26)9-24-21)10-25-11-14-6-18(7-15(14)12-25)27-17-3-4-19(22)20(23)8-17/h2-5,8-9,13-15,18,26H,6-7,10-12H2,1H3/t13?,14-,15+,18?. The molecule has 1 saturated carbocycles. The lowest BCUT2D eigenvalue weighted by molar-refractivity contribution is 0.183. The number of aromatic hydroxyl groups is 1. The van der Waals surface area contributed by atoms with Gasteiger partial charge in [0.05, 0.1) is 12.3 Å². The SMILES string of the molecule is CC(CN1C[C@H]2CC(Oc3ccc(F)c(F)c3)C[C@H]2C1)c1ccc(O)cn1. The van der Waals surface area contributed by atoms with Crippen molar-refractivity contribution in [3.8, 4) is 11.5 Å². The summed E-state index contributed by atoms with van der Waals surface area (Å²) in [6.07, 6.45) is 3.46. The summed E-state index contributed by atoms with van der Waals surface area (Å²) in [5.41, 5.74) is 0.990. The fraction of sp³-hybridized carbons (Fsp3) is 0.476. The van der Waals surface area contributed by atoms with Gasteiger partial charge in [-0.2, -0.15) is 0 Å². The quantitative estimate of drug-likeness (QED) is 0.861. The van der Waals surface area contributed by atoms with Crippen LogP contribution in [0.1, 0.15) is 31.4 Å². The van der Waals surface area contributed by atoms with E-state index < -0.39 is 11.6 Å². The van der Waals surface area contributed by atoms with Gasteiger partial charge in [0.1, 0.15) is 11.5 Å². The summed E-state index contributed by atoms with van der Waals surface area (Å²) in [7, 11) is 0. The van der Waals surface area contributed by atoms with Gasteiger partial charge in [-0.15, -0.1) is 0 Å². The van der Waals surface area contributed by atoms with E-state index in [2.05, 4.69) is 16.8 Å². The van der Waals surface area contributed by atoms with E-state index in [0.717, 1.165) is 50.3 Å². The van der Waals surface area contributed by atoms with Crippen molar-refractivity contribution in [2.75, 3.05) is 19.6 Å². The van der Waals surface area contributed by atoms with E-state index in [1.165, 1.54) is 12.3 Å². The van der Waals surface area contributed by atoms with Crippen molar-refractivity contribution in [1.29, 1.82) is 0 Å². The number of nitrogens with zero attached hydrogens (tertiary/aromatic N) is 2. The normalized spacial score (nSPS) is 26.1. The Bertz CT molecular complexity index is 785. The molecule has 0 amide bonds. The first-order valence-corrected chi connectivity index (χ1v) is 9.47. The Morgan fingerprint density at radius 3 is 2.52 bits per heavy atom. The van der Waals surface area contributed by atoms with E-state index in [-0.39, 0.29) is 11.9 Å². The molecule has 4 nitrogen and oxygen atoms in total. The van der Waals surface area contributed by atoms with Crippen molar-refractivity contribution in [2.24, 2.45) is 11.8 Å². The third-order valence-electron chi connectivity index (χ3n) is 5.78. The fourth-order valence-electron chi connectivity index (χ4n) is 4.50. The highest BCUT2D eigenvalue weighted by atomic mass is 19.2. The highest BCUT2D eigenvalue weighted by molar-refractivity contribution is 5.24. The maximum Gasteiger partial charge on any atom is 0.162 e. The smallest absolute Gasteiger partial charge is 0.162 e. The number of hydrogen-bond acceptors (Lipinski definition) is 4. The first kappa shape index (κ1) is 18.2. The van der Waals surface area contributed by atoms with Crippen molar-refractivity contribution in [1.82, 2.24) is 9.88 Å². The van der Waals surface area contributed by atoms with Gasteiger partial charge in [0.15, 0.2) is 11.6 Å². The molecule has 2 unspecified atom stereocenters. The second-order valence-electron chi connectivity index (χ2n) is 7.87. The molecule has 4 atom stereocenters. The van der Waals surface area contributed by atoms with Gasteiger partial charge in [-0.1, -0.05) is 6.92 Å². The predicted octanol–water partition coefficient (Wildman–Crippen LogP) is 3.96. The fourth-order valence-corrected chi connectivity index (χ4v) is 4.50. The summed E-state index contributed by atoms with van der Waals surface area (Å²) in [6.45, 7) is 5.16. The first-order valence-electron chi connectivity index (χ1n) is 9.47. The van der Waals surface area contributed by atoms with Crippen LogP contribution in [0.2, 0.25) is 0 Å². The average molecular weight is 374 g/mol. The maximum absolute atomic E-state index is 13.3. The third kappa shape index (κ3) is 4.05. The van der Waals surface area contributed by atoms with Gasteiger partial charge < -0.3 is 14.7 Å². The Morgan fingerprint density at radius 1 is 1.15 bits per heavy atom. The van der Waals surface area contributed by atoms with E-state index in [4.69, 9.17) is 4.74 Å². The van der Waals surface area contributed by atoms with Crippen LogP contribution in [0, 0.1) is 23.5 Å². The summed E-state index contributed by atoms with van der Waals surface area (Å²) >= 11 is 0. The molecule has 2 heterocycles. The molecule has 2 aliphatic rings. The van der Waals surface area contributed by atoms with Crippen LogP contribution >= 0.6 is 0 Å². The molecule has 144 valence electrons. The zero-order chi connectivity index (χ0) is 19.0. The summed E-state index contributed by atoms with van der Waals surface area (Å²) in [6, 6.07) is 7.29. The first-order chi connectivity index (χ1) is 13.0. The van der Waals surface area contributed by atoms with Crippen LogP contribution in [0.4, 0.5) is 8.78 Å². The van der Waals surface area contributed by atoms with Crippen LogP contribution in [-0.2, 0) is 0 Å². The largest absolute Gasteiger partial charge is 0.506 e. The lowest BCUT2D eigenvalue weighted by atomic mass is 10.0. The zero-order valence-corrected chi connectivity index (χ0v) is 15.3. The molecule has 0 radical (unpaired) electrons. The molecule has 2 aromatic rings. The van der Waals surface area contributed by atoms with Crippen LogP contribution in [0.5, 0.6) is 11.5 Å². The molecule has 1 aromatic carbocycles. The highest BCUT2D eigenvalue weighted by Crippen LogP contribution is 2.40. The molecule has 27 heavy (non-hydrogen) atoms. The zero-order valence-electron chi connectivity index (χ0n) is 15.3. The number of ether oxygens (including phenoxy) is 1. The number of rotatable bonds is 5. The summed E-state index contributed by atoms with van der Waals surface area (Å²) in [5.74, 6) is 0.350. The van der Waals surface area contributed by atoms with Crippen LogP contribution in [0.15, 0.2) is 36.5 Å². The number of aromatic nitrogens is 1. The third-order valence-corrected chi connectivity index (χ3v) is 5.78. The molecular formula is C21H24F2N2O2. The summed E-state index contributed by atoms with van der Waals surface area (Å²) in [5, 5.41) is 9.37. The second kappa shape index (κ2) is 7.43. The molecule has 6 heteroatoms. The second-order valence-corrected chi connectivity index (χ2v) is 7.87. The molecule has 4 rings (SSSR count). The lowest BCUT2D eigenvalue weighted by Crippen LogP contribution is -2.28. The lowest BCUT2D eigenvalue weighted by Gasteiger charge is -2.23. The van der Waals surface area contributed by atoms with E-state index >= 15 is 0 Å². The molecule has 1 aliphatic carbocycles. The number of benzene rings is 1. The minimum absolute atomic E-state index is 0.0724. The van der Waals surface area contributed by atoms with Crippen LogP contribution in [0.25, 0.3) is 0 Å². The summed E-state index contributed by atoms with van der Waals surface area (Å²) in [4.78, 5) is 6.79. The van der Waals surface area contributed by atoms with Crippen LogP contribution in [-0.4, -0.2) is 40.7 Å². The molecule has 0 spiro atoms.